The molecule has 7 nitrogen and oxygen atoms in total. The first-order valence-corrected chi connectivity index (χ1v) is 8.03. The van der Waals surface area contributed by atoms with Gasteiger partial charge in [-0.05, 0) is 30.7 Å². The van der Waals surface area contributed by atoms with Crippen molar-refractivity contribution in [2.45, 2.75) is 19.4 Å². The van der Waals surface area contributed by atoms with Crippen LogP contribution in [0.1, 0.15) is 11.1 Å². The van der Waals surface area contributed by atoms with Crippen molar-refractivity contribution in [1.82, 2.24) is 10.1 Å². The van der Waals surface area contributed by atoms with E-state index in [1.807, 2.05) is 6.92 Å². The van der Waals surface area contributed by atoms with Crippen LogP contribution in [0.25, 0.3) is 11.4 Å². The topological polar surface area (TPSA) is 100 Å². The van der Waals surface area contributed by atoms with E-state index in [9.17, 15) is 14.0 Å². The standard InChI is InChI=1S/C18H15FN4O3/c1-9-5-6-13(19)12-8-14(21-15(9)12)17(24)20-11-4-2-3-10(7-11)16-22-18(25)26-23-16/h2-7,14,21H,8H2,1H3,(H,20,24)(H,22,23,25). The van der Waals surface area contributed by atoms with Crippen molar-refractivity contribution < 1.29 is 13.7 Å². The second-order valence-electron chi connectivity index (χ2n) is 6.13. The van der Waals surface area contributed by atoms with Crippen molar-refractivity contribution in [3.63, 3.8) is 0 Å². The fourth-order valence-corrected chi connectivity index (χ4v) is 3.06. The van der Waals surface area contributed by atoms with Gasteiger partial charge in [-0.3, -0.25) is 14.3 Å². The molecule has 1 unspecified atom stereocenters. The number of fused-ring (bicyclic) bond motifs is 1. The number of rotatable bonds is 3. The molecule has 1 aliphatic rings. The van der Waals surface area contributed by atoms with E-state index in [-0.39, 0.29) is 24.0 Å². The molecule has 0 saturated carbocycles. The summed E-state index contributed by atoms with van der Waals surface area (Å²) in [5.74, 6) is -0.967. The minimum absolute atomic E-state index is 0.272. The molecule has 1 atom stereocenters. The fourth-order valence-electron chi connectivity index (χ4n) is 3.06. The first kappa shape index (κ1) is 16.1. The Morgan fingerprint density at radius 1 is 1.35 bits per heavy atom. The number of aryl methyl sites for hydroxylation is 1. The highest BCUT2D eigenvalue weighted by Crippen LogP contribution is 2.32. The summed E-state index contributed by atoms with van der Waals surface area (Å²) in [6, 6.07) is 9.37. The summed E-state index contributed by atoms with van der Waals surface area (Å²) in [4.78, 5) is 26.1. The number of aromatic nitrogens is 2. The monoisotopic (exact) mass is 354 g/mol. The van der Waals surface area contributed by atoms with Gasteiger partial charge in [0.25, 0.3) is 0 Å². The highest BCUT2D eigenvalue weighted by molar-refractivity contribution is 5.98. The van der Waals surface area contributed by atoms with Crippen molar-refractivity contribution in [1.29, 1.82) is 0 Å². The molecule has 0 aliphatic carbocycles. The highest BCUT2D eigenvalue weighted by atomic mass is 19.1. The predicted octanol–water partition coefficient (Wildman–Crippen LogP) is 2.45. The molecule has 3 aromatic rings. The number of carbonyl (C=O) groups is 1. The normalized spacial score (nSPS) is 15.4. The lowest BCUT2D eigenvalue weighted by atomic mass is 10.1. The number of nitrogens with one attached hydrogen (secondary N) is 3. The molecule has 2 aromatic carbocycles. The van der Waals surface area contributed by atoms with Gasteiger partial charge in [0, 0.05) is 28.9 Å². The van der Waals surface area contributed by atoms with Gasteiger partial charge in [-0.25, -0.2) is 9.18 Å². The SMILES string of the molecule is Cc1ccc(F)c2c1NC(C(=O)Nc1cccc(-c3noc(=O)[nH]3)c1)C2. The largest absolute Gasteiger partial charge is 0.439 e. The zero-order valence-electron chi connectivity index (χ0n) is 13.8. The number of aromatic amines is 1. The summed E-state index contributed by atoms with van der Waals surface area (Å²) < 4.78 is 18.4. The molecule has 0 fully saturated rings. The Morgan fingerprint density at radius 3 is 2.92 bits per heavy atom. The maximum atomic E-state index is 14.0. The number of carbonyl (C=O) groups excluding carboxylic acids is 1. The van der Waals surface area contributed by atoms with Gasteiger partial charge in [-0.1, -0.05) is 23.4 Å². The predicted molar refractivity (Wildman–Crippen MR) is 93.4 cm³/mol. The van der Waals surface area contributed by atoms with Crippen LogP contribution in [0.3, 0.4) is 0 Å². The molecule has 1 aromatic heterocycles. The average Bonchev–Trinajstić information content (AvgIpc) is 3.26. The summed E-state index contributed by atoms with van der Waals surface area (Å²) in [6.07, 6.45) is 0.283. The maximum Gasteiger partial charge on any atom is 0.439 e. The van der Waals surface area contributed by atoms with E-state index in [1.54, 1.807) is 30.3 Å². The fraction of sp³-hybridized carbons (Fsp3) is 0.167. The van der Waals surface area contributed by atoms with Crippen molar-refractivity contribution in [3.05, 3.63) is 63.9 Å². The molecular weight excluding hydrogens is 339 g/mol. The Hall–Kier alpha value is -3.42. The summed E-state index contributed by atoms with van der Waals surface area (Å²) in [6.45, 7) is 1.87. The third kappa shape index (κ3) is 2.85. The summed E-state index contributed by atoms with van der Waals surface area (Å²) >= 11 is 0. The third-order valence-electron chi connectivity index (χ3n) is 4.35. The van der Waals surface area contributed by atoms with Crippen LogP contribution in [0.15, 0.2) is 45.7 Å². The van der Waals surface area contributed by atoms with Crippen LogP contribution < -0.4 is 16.4 Å². The zero-order valence-corrected chi connectivity index (χ0v) is 13.8. The Balaban J connectivity index is 1.52. The number of halogens is 1. The molecule has 132 valence electrons. The third-order valence-corrected chi connectivity index (χ3v) is 4.35. The molecule has 8 heteroatoms. The van der Waals surface area contributed by atoms with Gasteiger partial charge in [0.05, 0.1) is 0 Å². The van der Waals surface area contributed by atoms with E-state index in [1.165, 1.54) is 6.07 Å². The highest BCUT2D eigenvalue weighted by Gasteiger charge is 2.30. The number of benzene rings is 2. The number of nitrogens with zero attached hydrogens (tertiary/aromatic N) is 1. The van der Waals surface area contributed by atoms with Gasteiger partial charge in [0.15, 0.2) is 5.82 Å². The smallest absolute Gasteiger partial charge is 0.373 e. The Labute approximate surface area is 147 Å². The first-order valence-electron chi connectivity index (χ1n) is 8.03. The van der Waals surface area contributed by atoms with Gasteiger partial charge < -0.3 is 10.6 Å². The zero-order chi connectivity index (χ0) is 18.3. The van der Waals surface area contributed by atoms with Crippen LogP contribution in [-0.4, -0.2) is 22.1 Å². The number of hydrogen-bond acceptors (Lipinski definition) is 5. The molecule has 0 radical (unpaired) electrons. The Bertz CT molecular complexity index is 1030. The van der Waals surface area contributed by atoms with E-state index in [4.69, 9.17) is 0 Å². The van der Waals surface area contributed by atoms with E-state index in [0.29, 0.717) is 22.5 Å². The van der Waals surface area contributed by atoms with Gasteiger partial charge in [0.2, 0.25) is 5.91 Å². The van der Waals surface area contributed by atoms with E-state index in [0.717, 1.165) is 5.56 Å². The Kier molecular flexibility index (Phi) is 3.80. The van der Waals surface area contributed by atoms with E-state index >= 15 is 0 Å². The molecule has 4 rings (SSSR count). The van der Waals surface area contributed by atoms with Crippen molar-refractivity contribution in [2.75, 3.05) is 10.6 Å². The summed E-state index contributed by atoms with van der Waals surface area (Å²) in [7, 11) is 0. The quantitative estimate of drug-likeness (QED) is 0.671. The second-order valence-corrected chi connectivity index (χ2v) is 6.13. The van der Waals surface area contributed by atoms with E-state index in [2.05, 4.69) is 25.3 Å². The molecule has 3 N–H and O–H groups in total. The minimum atomic E-state index is -0.653. The van der Waals surface area contributed by atoms with Crippen LogP contribution in [0.2, 0.25) is 0 Å². The molecule has 26 heavy (non-hydrogen) atoms. The van der Waals surface area contributed by atoms with Crippen LogP contribution in [0, 0.1) is 12.7 Å². The van der Waals surface area contributed by atoms with Crippen molar-refractivity contribution >= 4 is 17.3 Å². The molecule has 0 spiro atoms. The van der Waals surface area contributed by atoms with Gasteiger partial charge in [-0.2, -0.15) is 0 Å². The lowest BCUT2D eigenvalue weighted by Crippen LogP contribution is -2.32. The van der Waals surface area contributed by atoms with Crippen LogP contribution in [-0.2, 0) is 11.2 Å². The lowest BCUT2D eigenvalue weighted by molar-refractivity contribution is -0.116. The van der Waals surface area contributed by atoms with Crippen molar-refractivity contribution in [2.24, 2.45) is 0 Å². The molecular formula is C18H15FN4O3. The average molecular weight is 354 g/mol. The molecule has 2 heterocycles. The molecule has 1 amide bonds. The number of H-pyrrole nitrogens is 1. The van der Waals surface area contributed by atoms with Crippen molar-refractivity contribution in [3.8, 4) is 11.4 Å². The minimum Gasteiger partial charge on any atom is -0.373 e. The molecule has 0 bridgehead atoms. The number of anilines is 2. The van der Waals surface area contributed by atoms with Gasteiger partial charge in [-0.15, -0.1) is 0 Å². The first-order chi connectivity index (χ1) is 12.5. The molecule has 1 aliphatic heterocycles. The van der Waals surface area contributed by atoms with Crippen LogP contribution in [0.4, 0.5) is 15.8 Å². The molecule has 0 saturated heterocycles. The van der Waals surface area contributed by atoms with Gasteiger partial charge >= 0.3 is 5.76 Å². The number of amides is 1. The van der Waals surface area contributed by atoms with Crippen LogP contribution in [0.5, 0.6) is 0 Å². The van der Waals surface area contributed by atoms with Gasteiger partial charge in [0.1, 0.15) is 11.9 Å². The lowest BCUT2D eigenvalue weighted by Gasteiger charge is -2.13. The van der Waals surface area contributed by atoms with E-state index < -0.39 is 11.8 Å². The number of hydrogen-bond donors (Lipinski definition) is 3. The van der Waals surface area contributed by atoms with Crippen LogP contribution >= 0.6 is 0 Å². The second kappa shape index (κ2) is 6.14. The Morgan fingerprint density at radius 2 is 2.19 bits per heavy atom. The maximum absolute atomic E-state index is 14.0. The summed E-state index contributed by atoms with van der Waals surface area (Å²) in [5.41, 5.74) is 3.23. The summed E-state index contributed by atoms with van der Waals surface area (Å²) in [5, 5.41) is 9.51.